The summed E-state index contributed by atoms with van der Waals surface area (Å²) >= 11 is 6.04. The summed E-state index contributed by atoms with van der Waals surface area (Å²) in [5.41, 5.74) is 2.61. The first kappa shape index (κ1) is 12.4. The second-order valence-corrected chi connectivity index (χ2v) is 4.36. The van der Waals surface area contributed by atoms with E-state index in [2.05, 4.69) is 16.4 Å². The minimum absolute atomic E-state index is 0.109. The summed E-state index contributed by atoms with van der Waals surface area (Å²) in [5.74, 6) is 0. The van der Waals surface area contributed by atoms with E-state index in [1.54, 1.807) is 12.4 Å². The Morgan fingerprint density at radius 3 is 2.61 bits per heavy atom. The molecule has 90 valence electrons. The van der Waals surface area contributed by atoms with Crippen LogP contribution in [0.1, 0.15) is 24.1 Å². The van der Waals surface area contributed by atoms with Crippen molar-refractivity contribution in [1.82, 2.24) is 4.98 Å². The molecule has 3 nitrogen and oxygen atoms in total. The zero-order valence-corrected chi connectivity index (χ0v) is 10.6. The second-order valence-electron chi connectivity index (χ2n) is 3.96. The highest BCUT2D eigenvalue weighted by atomic mass is 35.5. The maximum Gasteiger partial charge on any atom is 0.0991 e. The summed E-state index contributed by atoms with van der Waals surface area (Å²) in [5, 5.41) is 12.7. The van der Waals surface area contributed by atoms with E-state index in [0.717, 1.165) is 11.3 Å². The molecular weight excluding hydrogens is 246 g/mol. The highest BCUT2D eigenvalue weighted by Crippen LogP contribution is 2.24. The monoisotopic (exact) mass is 257 g/mol. The van der Waals surface area contributed by atoms with Gasteiger partial charge in [-0.05, 0) is 30.7 Å². The van der Waals surface area contributed by atoms with Crippen molar-refractivity contribution < 1.29 is 0 Å². The first-order valence-corrected chi connectivity index (χ1v) is 5.94. The van der Waals surface area contributed by atoms with Gasteiger partial charge in [-0.25, -0.2) is 0 Å². The minimum atomic E-state index is 0.109. The maximum atomic E-state index is 8.75. The third kappa shape index (κ3) is 2.79. The van der Waals surface area contributed by atoms with Crippen molar-refractivity contribution in [3.05, 3.63) is 58.9 Å². The molecule has 1 N–H and O–H groups in total. The minimum Gasteiger partial charge on any atom is -0.377 e. The molecule has 0 aliphatic carbocycles. The number of pyridine rings is 1. The fraction of sp³-hybridized carbons (Fsp3) is 0.143. The van der Waals surface area contributed by atoms with Crippen LogP contribution in [0, 0.1) is 11.3 Å². The Balaban J connectivity index is 2.15. The van der Waals surface area contributed by atoms with E-state index in [-0.39, 0.29) is 6.04 Å². The van der Waals surface area contributed by atoms with Crippen LogP contribution in [0.2, 0.25) is 5.02 Å². The number of hydrogen-bond acceptors (Lipinski definition) is 3. The Hall–Kier alpha value is -2.05. The van der Waals surface area contributed by atoms with E-state index in [0.29, 0.717) is 10.6 Å². The molecular formula is C14H12ClN3. The third-order valence-corrected chi connectivity index (χ3v) is 2.99. The van der Waals surface area contributed by atoms with E-state index in [1.807, 2.05) is 37.3 Å². The Kier molecular flexibility index (Phi) is 3.81. The molecule has 0 spiro atoms. The lowest BCUT2D eigenvalue weighted by molar-refractivity contribution is 0.884. The molecule has 1 atom stereocenters. The molecule has 0 saturated heterocycles. The lowest BCUT2D eigenvalue weighted by Gasteiger charge is -2.16. The largest absolute Gasteiger partial charge is 0.377 e. The summed E-state index contributed by atoms with van der Waals surface area (Å²) in [6.07, 6.45) is 3.30. The second kappa shape index (κ2) is 5.52. The van der Waals surface area contributed by atoms with E-state index in [4.69, 9.17) is 16.9 Å². The summed E-state index contributed by atoms with van der Waals surface area (Å²) in [4.78, 5) is 3.94. The zero-order valence-electron chi connectivity index (χ0n) is 9.89. The van der Waals surface area contributed by atoms with Crippen molar-refractivity contribution in [2.45, 2.75) is 13.0 Å². The summed E-state index contributed by atoms with van der Waals surface area (Å²) in [6.45, 7) is 2.04. The number of anilines is 1. The molecule has 2 aromatic rings. The summed E-state index contributed by atoms with van der Waals surface area (Å²) < 4.78 is 0. The SMILES string of the molecule is CC(Nc1ccncc1Cl)c1ccc(C#N)cc1. The van der Waals surface area contributed by atoms with Crippen LogP contribution < -0.4 is 5.32 Å². The number of rotatable bonds is 3. The average Bonchev–Trinajstić information content (AvgIpc) is 2.41. The van der Waals surface area contributed by atoms with Gasteiger partial charge < -0.3 is 5.32 Å². The highest BCUT2D eigenvalue weighted by molar-refractivity contribution is 6.33. The molecule has 1 aromatic carbocycles. The van der Waals surface area contributed by atoms with Gasteiger partial charge in [0.1, 0.15) is 0 Å². The number of nitrogens with one attached hydrogen (secondary N) is 1. The number of halogens is 1. The molecule has 0 aliphatic rings. The van der Waals surface area contributed by atoms with E-state index >= 15 is 0 Å². The van der Waals surface area contributed by atoms with Crippen molar-refractivity contribution in [2.24, 2.45) is 0 Å². The summed E-state index contributed by atoms with van der Waals surface area (Å²) in [7, 11) is 0. The number of nitriles is 1. The van der Waals surface area contributed by atoms with E-state index < -0.39 is 0 Å². The molecule has 0 aliphatic heterocycles. The molecule has 1 heterocycles. The quantitative estimate of drug-likeness (QED) is 0.910. The molecule has 0 saturated carbocycles. The zero-order chi connectivity index (χ0) is 13.0. The molecule has 1 aromatic heterocycles. The Bertz CT molecular complexity index is 572. The lowest BCUT2D eigenvalue weighted by Crippen LogP contribution is -2.07. The average molecular weight is 258 g/mol. The molecule has 4 heteroatoms. The third-order valence-electron chi connectivity index (χ3n) is 2.68. The van der Waals surface area contributed by atoms with Crippen LogP contribution in [-0.4, -0.2) is 4.98 Å². The molecule has 0 radical (unpaired) electrons. The van der Waals surface area contributed by atoms with Gasteiger partial charge in [-0.15, -0.1) is 0 Å². The Labute approximate surface area is 111 Å². The lowest BCUT2D eigenvalue weighted by atomic mass is 10.1. The van der Waals surface area contributed by atoms with Crippen LogP contribution in [-0.2, 0) is 0 Å². The van der Waals surface area contributed by atoms with Crippen LogP contribution in [0.3, 0.4) is 0 Å². The van der Waals surface area contributed by atoms with Gasteiger partial charge in [0, 0.05) is 18.4 Å². The summed E-state index contributed by atoms with van der Waals surface area (Å²) in [6, 6.07) is 11.5. The fourth-order valence-electron chi connectivity index (χ4n) is 1.66. The van der Waals surface area contributed by atoms with Crippen molar-refractivity contribution >= 4 is 17.3 Å². The Morgan fingerprint density at radius 2 is 2.00 bits per heavy atom. The van der Waals surface area contributed by atoms with Crippen molar-refractivity contribution in [3.8, 4) is 6.07 Å². The molecule has 0 bridgehead atoms. The fourth-order valence-corrected chi connectivity index (χ4v) is 1.83. The number of hydrogen-bond donors (Lipinski definition) is 1. The molecule has 0 amide bonds. The number of aromatic nitrogens is 1. The molecule has 1 unspecified atom stereocenters. The van der Waals surface area contributed by atoms with Gasteiger partial charge in [0.05, 0.1) is 22.3 Å². The van der Waals surface area contributed by atoms with Gasteiger partial charge in [0.25, 0.3) is 0 Å². The first-order valence-electron chi connectivity index (χ1n) is 5.57. The van der Waals surface area contributed by atoms with Gasteiger partial charge in [0.15, 0.2) is 0 Å². The van der Waals surface area contributed by atoms with Crippen LogP contribution in [0.4, 0.5) is 5.69 Å². The topological polar surface area (TPSA) is 48.7 Å². The predicted octanol–water partition coefficient (Wildman–Crippen LogP) is 3.78. The van der Waals surface area contributed by atoms with E-state index in [1.165, 1.54) is 0 Å². The highest BCUT2D eigenvalue weighted by Gasteiger charge is 2.07. The smallest absolute Gasteiger partial charge is 0.0991 e. The standard InChI is InChI=1S/C14H12ClN3/c1-10(12-4-2-11(8-16)3-5-12)18-14-6-7-17-9-13(14)15/h2-7,9-10H,1H3,(H,17,18). The van der Waals surface area contributed by atoms with Crippen LogP contribution in [0.15, 0.2) is 42.7 Å². The maximum absolute atomic E-state index is 8.75. The molecule has 18 heavy (non-hydrogen) atoms. The van der Waals surface area contributed by atoms with Crippen molar-refractivity contribution in [2.75, 3.05) is 5.32 Å². The van der Waals surface area contributed by atoms with Gasteiger partial charge >= 0.3 is 0 Å². The van der Waals surface area contributed by atoms with Crippen molar-refractivity contribution in [1.29, 1.82) is 5.26 Å². The number of nitrogens with zero attached hydrogens (tertiary/aromatic N) is 2. The van der Waals surface area contributed by atoms with Crippen LogP contribution >= 0.6 is 11.6 Å². The molecule has 2 rings (SSSR count). The van der Waals surface area contributed by atoms with Gasteiger partial charge in [-0.2, -0.15) is 5.26 Å². The van der Waals surface area contributed by atoms with E-state index in [9.17, 15) is 0 Å². The van der Waals surface area contributed by atoms with Crippen LogP contribution in [0.5, 0.6) is 0 Å². The number of benzene rings is 1. The Morgan fingerprint density at radius 1 is 1.28 bits per heavy atom. The van der Waals surface area contributed by atoms with Gasteiger partial charge in [0.2, 0.25) is 0 Å². The van der Waals surface area contributed by atoms with Crippen molar-refractivity contribution in [3.63, 3.8) is 0 Å². The first-order chi connectivity index (χ1) is 8.70. The van der Waals surface area contributed by atoms with Gasteiger partial charge in [-0.1, -0.05) is 23.7 Å². The predicted molar refractivity (Wildman–Crippen MR) is 72.4 cm³/mol. The van der Waals surface area contributed by atoms with Gasteiger partial charge in [-0.3, -0.25) is 4.98 Å². The molecule has 0 fully saturated rings. The normalized spacial score (nSPS) is 11.6. The van der Waals surface area contributed by atoms with Crippen LogP contribution in [0.25, 0.3) is 0 Å².